The number of hydrogen-bond donors (Lipinski definition) is 1. The summed E-state index contributed by atoms with van der Waals surface area (Å²) in [6.07, 6.45) is 1.59. The van der Waals surface area contributed by atoms with Gasteiger partial charge < -0.3 is 14.6 Å². The van der Waals surface area contributed by atoms with E-state index in [1.54, 1.807) is 7.11 Å². The fourth-order valence-electron chi connectivity index (χ4n) is 3.20. The maximum Gasteiger partial charge on any atom is 0.231 e. The molecule has 0 aliphatic heterocycles. The van der Waals surface area contributed by atoms with Crippen LogP contribution in [0, 0.1) is 0 Å². The molecule has 1 aromatic heterocycles. The van der Waals surface area contributed by atoms with E-state index in [2.05, 4.69) is 15.5 Å². The predicted molar refractivity (Wildman–Crippen MR) is 124 cm³/mol. The Hall–Kier alpha value is -3.64. The number of anilines is 1. The molecule has 0 bridgehead atoms. The third kappa shape index (κ3) is 5.74. The first-order valence-electron chi connectivity index (χ1n) is 10.2. The maximum absolute atomic E-state index is 12.3. The molecule has 0 unspecified atom stereocenters. The number of carbonyl (C=O) groups excluding carboxylic acids is 1. The van der Waals surface area contributed by atoms with Crippen LogP contribution >= 0.6 is 11.6 Å². The molecular weight excluding hydrogens is 426 g/mol. The van der Waals surface area contributed by atoms with E-state index in [0.717, 1.165) is 28.1 Å². The number of rotatable bonds is 8. The minimum atomic E-state index is -0.0432. The summed E-state index contributed by atoms with van der Waals surface area (Å²) in [6.45, 7) is 0. The van der Waals surface area contributed by atoms with E-state index in [4.69, 9.17) is 20.9 Å². The van der Waals surface area contributed by atoms with Crippen LogP contribution in [-0.4, -0.2) is 23.2 Å². The minimum absolute atomic E-state index is 0.0432. The monoisotopic (exact) mass is 447 g/mol. The Morgan fingerprint density at radius 3 is 2.34 bits per heavy atom. The van der Waals surface area contributed by atoms with Crippen molar-refractivity contribution in [3.8, 4) is 17.1 Å². The molecule has 0 spiro atoms. The highest BCUT2D eigenvalue weighted by Crippen LogP contribution is 2.21. The smallest absolute Gasteiger partial charge is 0.231 e. The summed E-state index contributed by atoms with van der Waals surface area (Å²) in [4.78, 5) is 16.7. The molecule has 4 rings (SSSR count). The molecule has 162 valence electrons. The van der Waals surface area contributed by atoms with E-state index in [9.17, 15) is 4.79 Å². The second-order valence-electron chi connectivity index (χ2n) is 7.29. The Balaban J connectivity index is 1.31. The van der Waals surface area contributed by atoms with Gasteiger partial charge in [0, 0.05) is 22.7 Å². The first-order valence-corrected chi connectivity index (χ1v) is 10.6. The van der Waals surface area contributed by atoms with Crippen LogP contribution in [0.1, 0.15) is 23.4 Å². The number of halogens is 1. The predicted octanol–water partition coefficient (Wildman–Crippen LogP) is 5.56. The number of nitrogens with one attached hydrogen (secondary N) is 1. The fourth-order valence-corrected chi connectivity index (χ4v) is 3.32. The molecule has 0 fully saturated rings. The van der Waals surface area contributed by atoms with Gasteiger partial charge in [0.25, 0.3) is 0 Å². The van der Waals surface area contributed by atoms with Crippen LogP contribution in [0.15, 0.2) is 77.3 Å². The number of aromatic nitrogens is 2. The van der Waals surface area contributed by atoms with Crippen molar-refractivity contribution in [3.63, 3.8) is 0 Å². The van der Waals surface area contributed by atoms with Gasteiger partial charge in [0.15, 0.2) is 0 Å². The van der Waals surface area contributed by atoms with Gasteiger partial charge in [-0.1, -0.05) is 41.0 Å². The summed E-state index contributed by atoms with van der Waals surface area (Å²) in [5.41, 5.74) is 3.66. The summed E-state index contributed by atoms with van der Waals surface area (Å²) in [6, 6.07) is 22.6. The Kier molecular flexibility index (Phi) is 6.82. The molecule has 1 amide bonds. The highest BCUT2D eigenvalue weighted by atomic mass is 35.5. The van der Waals surface area contributed by atoms with Crippen molar-refractivity contribution >= 4 is 23.2 Å². The van der Waals surface area contributed by atoms with E-state index < -0.39 is 0 Å². The Bertz CT molecular complexity index is 1170. The molecule has 0 radical (unpaired) electrons. The molecule has 0 saturated carbocycles. The van der Waals surface area contributed by atoms with E-state index in [1.165, 1.54) is 0 Å². The van der Waals surface area contributed by atoms with Crippen molar-refractivity contribution in [2.45, 2.75) is 19.3 Å². The topological polar surface area (TPSA) is 77.2 Å². The minimum Gasteiger partial charge on any atom is -0.497 e. The average Bonchev–Trinajstić information content (AvgIpc) is 3.28. The van der Waals surface area contributed by atoms with Gasteiger partial charge in [-0.2, -0.15) is 4.98 Å². The number of benzene rings is 3. The van der Waals surface area contributed by atoms with Gasteiger partial charge in [0.05, 0.1) is 13.5 Å². The quantitative estimate of drug-likeness (QED) is 0.382. The standard InChI is InChI=1S/C25H22ClN3O3/c1-31-22-13-4-17(5-14-22)6-15-23(30)27-21-11-7-19(8-12-21)25-28-24(32-29-25)16-18-2-9-20(26)10-3-18/h2-5,7-14H,6,15-16H2,1H3,(H,27,30). The summed E-state index contributed by atoms with van der Waals surface area (Å²) in [7, 11) is 1.63. The molecule has 3 aromatic carbocycles. The van der Waals surface area contributed by atoms with Crippen LogP contribution in [0.5, 0.6) is 5.75 Å². The third-order valence-corrected chi connectivity index (χ3v) is 5.22. The van der Waals surface area contributed by atoms with Crippen molar-refractivity contribution < 1.29 is 14.1 Å². The van der Waals surface area contributed by atoms with Gasteiger partial charge in [0.1, 0.15) is 5.75 Å². The molecule has 0 aliphatic carbocycles. The molecule has 0 aliphatic rings. The van der Waals surface area contributed by atoms with Crippen molar-refractivity contribution in [2.24, 2.45) is 0 Å². The highest BCUT2D eigenvalue weighted by molar-refractivity contribution is 6.30. The molecule has 4 aromatic rings. The van der Waals surface area contributed by atoms with Crippen molar-refractivity contribution in [1.82, 2.24) is 10.1 Å². The number of carbonyl (C=O) groups is 1. The molecule has 6 nitrogen and oxygen atoms in total. The number of ether oxygens (including phenoxy) is 1. The number of amides is 1. The Morgan fingerprint density at radius 1 is 0.969 bits per heavy atom. The number of hydrogen-bond acceptors (Lipinski definition) is 5. The molecule has 0 saturated heterocycles. The Labute approximate surface area is 191 Å². The molecule has 1 heterocycles. The van der Waals surface area contributed by atoms with Gasteiger partial charge >= 0.3 is 0 Å². The maximum atomic E-state index is 12.3. The normalized spacial score (nSPS) is 10.7. The zero-order valence-corrected chi connectivity index (χ0v) is 18.3. The van der Waals surface area contributed by atoms with Crippen molar-refractivity contribution in [3.05, 3.63) is 94.8 Å². The Morgan fingerprint density at radius 2 is 1.66 bits per heavy atom. The molecule has 32 heavy (non-hydrogen) atoms. The van der Waals surface area contributed by atoms with Gasteiger partial charge in [-0.25, -0.2) is 0 Å². The lowest BCUT2D eigenvalue weighted by molar-refractivity contribution is -0.116. The summed E-state index contributed by atoms with van der Waals surface area (Å²) < 4.78 is 10.5. The fraction of sp³-hybridized carbons (Fsp3) is 0.160. The lowest BCUT2D eigenvalue weighted by Crippen LogP contribution is -2.12. The van der Waals surface area contributed by atoms with Crippen LogP contribution < -0.4 is 10.1 Å². The highest BCUT2D eigenvalue weighted by Gasteiger charge is 2.10. The number of methoxy groups -OCH3 is 1. The van der Waals surface area contributed by atoms with E-state index in [0.29, 0.717) is 36.0 Å². The number of nitrogens with zero attached hydrogens (tertiary/aromatic N) is 2. The van der Waals surface area contributed by atoms with Crippen LogP contribution in [0.25, 0.3) is 11.4 Å². The zero-order valence-electron chi connectivity index (χ0n) is 17.5. The van der Waals surface area contributed by atoms with Crippen molar-refractivity contribution in [1.29, 1.82) is 0 Å². The van der Waals surface area contributed by atoms with E-state index >= 15 is 0 Å². The lowest BCUT2D eigenvalue weighted by Gasteiger charge is -2.06. The summed E-state index contributed by atoms with van der Waals surface area (Å²) >= 11 is 5.92. The van der Waals surface area contributed by atoms with Crippen LogP contribution in [0.3, 0.4) is 0 Å². The first kappa shape index (κ1) is 21.6. The first-order chi connectivity index (χ1) is 15.6. The van der Waals surface area contributed by atoms with E-state index in [1.807, 2.05) is 72.8 Å². The number of aryl methyl sites for hydroxylation is 1. The van der Waals surface area contributed by atoms with Crippen LogP contribution in [-0.2, 0) is 17.6 Å². The SMILES string of the molecule is COc1ccc(CCC(=O)Nc2ccc(-c3noc(Cc4ccc(Cl)cc4)n3)cc2)cc1. The second-order valence-corrected chi connectivity index (χ2v) is 7.73. The van der Waals surface area contributed by atoms with Gasteiger partial charge in [-0.05, 0) is 66.1 Å². The van der Waals surface area contributed by atoms with Crippen LogP contribution in [0.2, 0.25) is 5.02 Å². The van der Waals surface area contributed by atoms with Gasteiger partial charge in [-0.3, -0.25) is 4.79 Å². The van der Waals surface area contributed by atoms with E-state index in [-0.39, 0.29) is 5.91 Å². The zero-order chi connectivity index (χ0) is 22.3. The largest absolute Gasteiger partial charge is 0.497 e. The average molecular weight is 448 g/mol. The molecule has 0 atom stereocenters. The second kappa shape index (κ2) is 10.1. The summed E-state index contributed by atoms with van der Waals surface area (Å²) in [5.74, 6) is 1.79. The third-order valence-electron chi connectivity index (χ3n) is 4.96. The molecule has 7 heteroatoms. The van der Waals surface area contributed by atoms with Gasteiger partial charge in [0.2, 0.25) is 17.6 Å². The molecular formula is C25H22ClN3O3. The lowest BCUT2D eigenvalue weighted by atomic mass is 10.1. The van der Waals surface area contributed by atoms with Crippen LogP contribution in [0.4, 0.5) is 5.69 Å². The summed E-state index contributed by atoms with van der Waals surface area (Å²) in [5, 5.41) is 7.66. The van der Waals surface area contributed by atoms with Gasteiger partial charge in [-0.15, -0.1) is 0 Å². The molecule has 1 N–H and O–H groups in total. The van der Waals surface area contributed by atoms with Crippen molar-refractivity contribution in [2.75, 3.05) is 12.4 Å².